The van der Waals surface area contributed by atoms with Gasteiger partial charge in [-0.3, -0.25) is 10.5 Å². The number of aromatic nitrogens is 5. The van der Waals surface area contributed by atoms with Crippen molar-refractivity contribution in [3.8, 4) is 0 Å². The van der Waals surface area contributed by atoms with Crippen LogP contribution < -0.4 is 5.73 Å². The van der Waals surface area contributed by atoms with E-state index in [1.165, 1.54) is 18.0 Å². The summed E-state index contributed by atoms with van der Waals surface area (Å²) in [7, 11) is 0. The summed E-state index contributed by atoms with van der Waals surface area (Å²) in [6.07, 6.45) is 1.49. The molecule has 0 aromatic carbocycles. The third kappa shape index (κ3) is 2.16. The first kappa shape index (κ1) is 10.6. The van der Waals surface area contributed by atoms with E-state index in [9.17, 15) is 0 Å². The van der Waals surface area contributed by atoms with Crippen LogP contribution in [0.25, 0.3) is 0 Å². The van der Waals surface area contributed by atoms with Gasteiger partial charge in [0.2, 0.25) is 5.16 Å². The van der Waals surface area contributed by atoms with E-state index in [1.54, 1.807) is 13.0 Å². The Labute approximate surface area is 95.4 Å². The Morgan fingerprint density at radius 1 is 1.56 bits per heavy atom. The molecule has 0 aliphatic heterocycles. The third-order valence-electron chi connectivity index (χ3n) is 1.74. The molecule has 0 saturated heterocycles. The van der Waals surface area contributed by atoms with Gasteiger partial charge in [-0.1, -0.05) is 0 Å². The van der Waals surface area contributed by atoms with Gasteiger partial charge in [0.05, 0.1) is 11.8 Å². The fourth-order valence-electron chi connectivity index (χ4n) is 1.05. The maximum Gasteiger partial charge on any atom is 0.214 e. The molecule has 2 heterocycles. The summed E-state index contributed by atoms with van der Waals surface area (Å²) in [6, 6.07) is 1.64. The van der Waals surface area contributed by atoms with Gasteiger partial charge in [-0.2, -0.15) is 5.10 Å². The molecule has 0 bridgehead atoms. The zero-order valence-electron chi connectivity index (χ0n) is 8.43. The molecule has 0 atom stereocenters. The number of aromatic amines is 1. The number of nitrogens with two attached hydrogens (primary N) is 1. The van der Waals surface area contributed by atoms with Gasteiger partial charge in [0.15, 0.2) is 0 Å². The summed E-state index contributed by atoms with van der Waals surface area (Å²) >= 11 is 1.22. The number of nitrogen functional groups attached to an aromatic ring is 1. The third-order valence-corrected chi connectivity index (χ3v) is 2.60. The minimum Gasteiger partial charge on any atom is -0.384 e. The molecule has 2 aromatic heterocycles. The maximum absolute atomic E-state index is 7.40. The Morgan fingerprint density at radius 2 is 2.38 bits per heavy atom. The number of nitrogens with zero attached hydrogens (tertiary/aromatic N) is 4. The Bertz CT molecular complexity index is 521. The standard InChI is InChI=1S/C8H9N7S/c1-4-12-8(15-13-4)16-7-5(6(9)10)2-3-11-14-7/h2-3H,1H3,(H3,9,10)(H,12,13,15). The number of H-pyrrole nitrogens is 1. The topological polar surface area (TPSA) is 117 Å². The second-order valence-corrected chi connectivity index (χ2v) is 3.93. The number of rotatable bonds is 3. The largest absolute Gasteiger partial charge is 0.384 e. The Kier molecular flexibility index (Phi) is 2.82. The molecule has 0 amide bonds. The summed E-state index contributed by atoms with van der Waals surface area (Å²) in [5.41, 5.74) is 5.96. The highest BCUT2D eigenvalue weighted by atomic mass is 32.2. The number of amidine groups is 1. The smallest absolute Gasteiger partial charge is 0.214 e. The Morgan fingerprint density at radius 3 is 3.00 bits per heavy atom. The highest BCUT2D eigenvalue weighted by molar-refractivity contribution is 7.99. The molecule has 8 heteroatoms. The molecule has 0 aliphatic carbocycles. The van der Waals surface area contributed by atoms with Crippen molar-refractivity contribution in [2.75, 3.05) is 0 Å². The molecule has 16 heavy (non-hydrogen) atoms. The highest BCUT2D eigenvalue weighted by Crippen LogP contribution is 2.24. The zero-order valence-corrected chi connectivity index (χ0v) is 9.25. The van der Waals surface area contributed by atoms with E-state index >= 15 is 0 Å². The van der Waals surface area contributed by atoms with Crippen LogP contribution in [0.5, 0.6) is 0 Å². The first-order chi connectivity index (χ1) is 7.66. The van der Waals surface area contributed by atoms with Gasteiger partial charge in [-0.25, -0.2) is 4.98 Å². The van der Waals surface area contributed by atoms with Gasteiger partial charge >= 0.3 is 0 Å². The predicted molar refractivity (Wildman–Crippen MR) is 58.3 cm³/mol. The lowest BCUT2D eigenvalue weighted by Gasteiger charge is -2.01. The average molecular weight is 235 g/mol. The van der Waals surface area contributed by atoms with Crippen molar-refractivity contribution in [2.24, 2.45) is 5.73 Å². The van der Waals surface area contributed by atoms with Crippen LogP contribution >= 0.6 is 11.8 Å². The zero-order chi connectivity index (χ0) is 11.5. The fraction of sp³-hybridized carbons (Fsp3) is 0.125. The van der Waals surface area contributed by atoms with Crippen LogP contribution in [0.2, 0.25) is 0 Å². The van der Waals surface area contributed by atoms with Gasteiger partial charge < -0.3 is 5.73 Å². The second-order valence-electron chi connectivity index (χ2n) is 2.97. The molecule has 0 spiro atoms. The van der Waals surface area contributed by atoms with E-state index in [0.29, 0.717) is 15.7 Å². The molecule has 82 valence electrons. The molecule has 0 saturated carbocycles. The van der Waals surface area contributed by atoms with E-state index in [2.05, 4.69) is 25.4 Å². The number of nitrogens with one attached hydrogen (secondary N) is 2. The van der Waals surface area contributed by atoms with Crippen molar-refractivity contribution in [3.05, 3.63) is 23.7 Å². The van der Waals surface area contributed by atoms with Gasteiger partial charge in [-0.15, -0.1) is 10.2 Å². The molecular formula is C8H9N7S. The van der Waals surface area contributed by atoms with E-state index in [4.69, 9.17) is 11.1 Å². The number of hydrogen-bond acceptors (Lipinski definition) is 6. The lowest BCUT2D eigenvalue weighted by molar-refractivity contribution is 0.908. The van der Waals surface area contributed by atoms with Gasteiger partial charge in [0.25, 0.3) is 0 Å². The van der Waals surface area contributed by atoms with E-state index < -0.39 is 0 Å². The highest BCUT2D eigenvalue weighted by Gasteiger charge is 2.11. The predicted octanol–water partition coefficient (Wildman–Crippen LogP) is 0.338. The van der Waals surface area contributed by atoms with Crippen LogP contribution in [-0.2, 0) is 0 Å². The minimum atomic E-state index is -0.0512. The first-order valence-corrected chi connectivity index (χ1v) is 5.21. The summed E-state index contributed by atoms with van der Waals surface area (Å²) in [5.74, 6) is 0.667. The molecular weight excluding hydrogens is 226 g/mol. The molecule has 4 N–H and O–H groups in total. The second kappa shape index (κ2) is 4.27. The van der Waals surface area contributed by atoms with Crippen LogP contribution in [0.1, 0.15) is 11.4 Å². The summed E-state index contributed by atoms with van der Waals surface area (Å²) in [4.78, 5) is 4.12. The van der Waals surface area contributed by atoms with Crippen LogP contribution in [-0.4, -0.2) is 31.2 Å². The quantitative estimate of drug-likeness (QED) is 0.521. The fourth-order valence-corrected chi connectivity index (χ4v) is 1.88. The maximum atomic E-state index is 7.40. The monoisotopic (exact) mass is 235 g/mol. The molecule has 2 aromatic rings. The SMILES string of the molecule is Cc1nc(Sc2nnccc2C(=N)N)n[nH]1. The molecule has 0 aliphatic rings. The minimum absolute atomic E-state index is 0.0512. The lowest BCUT2D eigenvalue weighted by Crippen LogP contribution is -2.13. The first-order valence-electron chi connectivity index (χ1n) is 4.40. The van der Waals surface area contributed by atoms with Gasteiger partial charge in [0.1, 0.15) is 16.7 Å². The van der Waals surface area contributed by atoms with Crippen molar-refractivity contribution in [3.63, 3.8) is 0 Å². The average Bonchev–Trinajstić information content (AvgIpc) is 2.64. The Hall–Kier alpha value is -1.96. The van der Waals surface area contributed by atoms with Gasteiger partial charge in [0, 0.05) is 0 Å². The summed E-state index contributed by atoms with van der Waals surface area (Å²) < 4.78 is 0. The summed E-state index contributed by atoms with van der Waals surface area (Å²) in [5, 5.41) is 22.8. The van der Waals surface area contributed by atoms with Crippen LogP contribution in [0.3, 0.4) is 0 Å². The van der Waals surface area contributed by atoms with Crippen molar-refractivity contribution in [2.45, 2.75) is 17.1 Å². The van der Waals surface area contributed by atoms with Crippen molar-refractivity contribution >= 4 is 17.6 Å². The molecule has 2 rings (SSSR count). The number of aryl methyl sites for hydroxylation is 1. The van der Waals surface area contributed by atoms with Crippen LogP contribution in [0.15, 0.2) is 22.4 Å². The molecule has 7 nitrogen and oxygen atoms in total. The Balaban J connectivity index is 2.31. The normalized spacial score (nSPS) is 10.3. The molecule has 0 unspecified atom stereocenters. The van der Waals surface area contributed by atoms with Crippen LogP contribution in [0.4, 0.5) is 0 Å². The molecule has 0 radical (unpaired) electrons. The van der Waals surface area contributed by atoms with Gasteiger partial charge in [-0.05, 0) is 24.8 Å². The van der Waals surface area contributed by atoms with Crippen molar-refractivity contribution in [1.82, 2.24) is 25.4 Å². The van der Waals surface area contributed by atoms with Crippen molar-refractivity contribution < 1.29 is 0 Å². The van der Waals surface area contributed by atoms with Crippen molar-refractivity contribution in [1.29, 1.82) is 5.41 Å². The van der Waals surface area contributed by atoms with E-state index in [-0.39, 0.29) is 5.84 Å². The van der Waals surface area contributed by atoms with Crippen LogP contribution in [0, 0.1) is 12.3 Å². The lowest BCUT2D eigenvalue weighted by atomic mass is 10.3. The molecule has 0 fully saturated rings. The van der Waals surface area contributed by atoms with E-state index in [0.717, 1.165) is 5.82 Å². The number of hydrogen-bond donors (Lipinski definition) is 3. The van der Waals surface area contributed by atoms with E-state index in [1.807, 2.05) is 0 Å². The summed E-state index contributed by atoms with van der Waals surface area (Å²) in [6.45, 7) is 1.81.